The summed E-state index contributed by atoms with van der Waals surface area (Å²) in [5.41, 5.74) is 1.15. The highest BCUT2D eigenvalue weighted by Gasteiger charge is 2.18. The minimum absolute atomic E-state index is 0.0752. The Labute approximate surface area is 119 Å². The molecule has 6 heteroatoms. The monoisotopic (exact) mass is 275 g/mol. The molecule has 0 aliphatic rings. The number of likely N-dealkylation sites (N-methyl/N-ethyl adjacent to an activating group) is 1. The van der Waals surface area contributed by atoms with Crippen LogP contribution in [-0.2, 0) is 24.8 Å². The Bertz CT molecular complexity index is 546. The van der Waals surface area contributed by atoms with Crippen molar-refractivity contribution >= 4 is 5.91 Å². The van der Waals surface area contributed by atoms with Gasteiger partial charge in [0.1, 0.15) is 0 Å². The van der Waals surface area contributed by atoms with Crippen LogP contribution in [0.1, 0.15) is 12.5 Å². The Morgan fingerprint density at radius 2 is 2.25 bits per heavy atom. The lowest BCUT2D eigenvalue weighted by Gasteiger charge is -2.21. The van der Waals surface area contributed by atoms with Gasteiger partial charge < -0.3 is 4.90 Å². The number of aromatic nitrogens is 4. The molecule has 2 aromatic heterocycles. The number of carbonyl (C=O) groups is 1. The van der Waals surface area contributed by atoms with Gasteiger partial charge in [0, 0.05) is 39.2 Å². The molecular weight excluding hydrogens is 254 g/mol. The summed E-state index contributed by atoms with van der Waals surface area (Å²) in [6.45, 7) is 3.25. The van der Waals surface area contributed by atoms with Crippen LogP contribution in [0.4, 0.5) is 0 Å². The van der Waals surface area contributed by atoms with Crippen LogP contribution in [0.2, 0.25) is 0 Å². The van der Waals surface area contributed by atoms with Gasteiger partial charge in [0.2, 0.25) is 5.91 Å². The predicted octanol–water partition coefficient (Wildman–Crippen LogP) is 0.954. The second kappa shape index (κ2) is 6.36. The molecule has 1 atom stereocenters. The van der Waals surface area contributed by atoms with Gasteiger partial charge in [0.25, 0.3) is 0 Å². The van der Waals surface area contributed by atoms with Crippen LogP contribution >= 0.6 is 0 Å². The van der Waals surface area contributed by atoms with Crippen LogP contribution in [0, 0.1) is 5.92 Å². The average molecular weight is 275 g/mol. The van der Waals surface area contributed by atoms with Crippen molar-refractivity contribution in [3.63, 3.8) is 0 Å². The summed E-state index contributed by atoms with van der Waals surface area (Å²) < 4.78 is 3.56. The molecule has 0 saturated carbocycles. The molecule has 0 aliphatic heterocycles. The van der Waals surface area contributed by atoms with E-state index in [2.05, 4.69) is 10.2 Å². The molecule has 2 rings (SSSR count). The lowest BCUT2D eigenvalue weighted by Crippen LogP contribution is -2.35. The predicted molar refractivity (Wildman–Crippen MR) is 75.9 cm³/mol. The summed E-state index contributed by atoms with van der Waals surface area (Å²) in [7, 11) is 3.74. The summed E-state index contributed by atoms with van der Waals surface area (Å²) in [5.74, 6) is 0.0678. The SMILES string of the molecule is C[C@@H](Cn1cccn1)C(=O)N(C)CCc1cnn(C)c1. The van der Waals surface area contributed by atoms with E-state index in [0.29, 0.717) is 13.1 Å². The molecule has 2 heterocycles. The first-order chi connectivity index (χ1) is 9.56. The molecule has 0 bridgehead atoms. The molecule has 0 fully saturated rings. The maximum Gasteiger partial charge on any atom is 0.227 e. The quantitative estimate of drug-likeness (QED) is 0.789. The summed E-state index contributed by atoms with van der Waals surface area (Å²) >= 11 is 0. The highest BCUT2D eigenvalue weighted by molar-refractivity contribution is 5.78. The molecule has 0 unspecified atom stereocenters. The van der Waals surface area contributed by atoms with Gasteiger partial charge in [-0.1, -0.05) is 6.92 Å². The van der Waals surface area contributed by atoms with E-state index >= 15 is 0 Å². The van der Waals surface area contributed by atoms with E-state index in [1.165, 1.54) is 0 Å². The van der Waals surface area contributed by atoms with Crippen LogP contribution in [0.3, 0.4) is 0 Å². The van der Waals surface area contributed by atoms with E-state index in [9.17, 15) is 4.79 Å². The van der Waals surface area contributed by atoms with E-state index in [1.54, 1.807) is 20.5 Å². The van der Waals surface area contributed by atoms with Crippen LogP contribution in [0.5, 0.6) is 0 Å². The molecular formula is C14H21N5O. The minimum Gasteiger partial charge on any atom is -0.345 e. The van der Waals surface area contributed by atoms with Gasteiger partial charge in [-0.3, -0.25) is 14.2 Å². The number of rotatable bonds is 6. The Morgan fingerprint density at radius 3 is 2.85 bits per heavy atom. The second-order valence-corrected chi connectivity index (χ2v) is 5.16. The maximum atomic E-state index is 12.3. The highest BCUT2D eigenvalue weighted by atomic mass is 16.2. The van der Waals surface area contributed by atoms with E-state index in [-0.39, 0.29) is 11.8 Å². The number of amides is 1. The molecule has 0 radical (unpaired) electrons. The molecule has 108 valence electrons. The zero-order valence-corrected chi connectivity index (χ0v) is 12.2. The first-order valence-electron chi connectivity index (χ1n) is 6.76. The van der Waals surface area contributed by atoms with Crippen molar-refractivity contribution in [2.75, 3.05) is 13.6 Å². The van der Waals surface area contributed by atoms with Crippen molar-refractivity contribution in [1.29, 1.82) is 0 Å². The van der Waals surface area contributed by atoms with Gasteiger partial charge >= 0.3 is 0 Å². The van der Waals surface area contributed by atoms with Crippen molar-refractivity contribution < 1.29 is 4.79 Å². The topological polar surface area (TPSA) is 56.0 Å². The Balaban J connectivity index is 1.81. The second-order valence-electron chi connectivity index (χ2n) is 5.16. The number of nitrogens with zero attached hydrogens (tertiary/aromatic N) is 5. The lowest BCUT2D eigenvalue weighted by atomic mass is 10.1. The van der Waals surface area contributed by atoms with Gasteiger partial charge in [0.15, 0.2) is 0 Å². The third kappa shape index (κ3) is 3.69. The molecule has 0 saturated heterocycles. The number of hydrogen-bond acceptors (Lipinski definition) is 3. The van der Waals surface area contributed by atoms with Crippen molar-refractivity contribution in [2.45, 2.75) is 19.9 Å². The highest BCUT2D eigenvalue weighted by Crippen LogP contribution is 2.06. The number of aryl methyl sites for hydroxylation is 1. The van der Waals surface area contributed by atoms with Crippen molar-refractivity contribution in [3.05, 3.63) is 36.4 Å². The molecule has 0 aromatic carbocycles. The van der Waals surface area contributed by atoms with Crippen LogP contribution in [0.25, 0.3) is 0 Å². The molecule has 1 amide bonds. The van der Waals surface area contributed by atoms with Crippen molar-refractivity contribution in [3.8, 4) is 0 Å². The standard InChI is InChI=1S/C14H21N5O/c1-12(10-19-7-4-6-15-19)14(20)17(2)8-5-13-9-16-18(3)11-13/h4,6-7,9,11-12H,5,8,10H2,1-3H3/t12-/m0/s1. The van der Waals surface area contributed by atoms with Gasteiger partial charge in [0.05, 0.1) is 18.7 Å². The van der Waals surface area contributed by atoms with Crippen LogP contribution in [-0.4, -0.2) is 44.0 Å². The lowest BCUT2D eigenvalue weighted by molar-refractivity contribution is -0.134. The fourth-order valence-corrected chi connectivity index (χ4v) is 2.15. The largest absolute Gasteiger partial charge is 0.345 e. The van der Waals surface area contributed by atoms with Gasteiger partial charge in [-0.15, -0.1) is 0 Å². The van der Waals surface area contributed by atoms with Gasteiger partial charge in [-0.2, -0.15) is 10.2 Å². The molecule has 0 spiro atoms. The van der Waals surface area contributed by atoms with E-state index in [1.807, 2.05) is 45.7 Å². The van der Waals surface area contributed by atoms with Crippen LogP contribution < -0.4 is 0 Å². The normalized spacial score (nSPS) is 12.3. The summed E-state index contributed by atoms with van der Waals surface area (Å²) in [4.78, 5) is 14.0. The summed E-state index contributed by atoms with van der Waals surface area (Å²) in [6.07, 6.45) is 8.24. The minimum atomic E-state index is -0.0752. The fraction of sp³-hybridized carbons (Fsp3) is 0.500. The van der Waals surface area contributed by atoms with E-state index in [0.717, 1.165) is 12.0 Å². The third-order valence-corrected chi connectivity index (χ3v) is 3.31. The zero-order chi connectivity index (χ0) is 14.5. The maximum absolute atomic E-state index is 12.3. The first-order valence-corrected chi connectivity index (χ1v) is 6.76. The zero-order valence-electron chi connectivity index (χ0n) is 12.2. The molecule has 2 aromatic rings. The summed E-state index contributed by atoms with van der Waals surface area (Å²) in [5, 5.41) is 8.26. The van der Waals surface area contributed by atoms with E-state index < -0.39 is 0 Å². The smallest absolute Gasteiger partial charge is 0.227 e. The molecule has 0 N–H and O–H groups in total. The number of carbonyl (C=O) groups excluding carboxylic acids is 1. The number of hydrogen-bond donors (Lipinski definition) is 0. The average Bonchev–Trinajstić information content (AvgIpc) is 3.06. The molecule has 0 aliphatic carbocycles. The third-order valence-electron chi connectivity index (χ3n) is 3.31. The fourth-order valence-electron chi connectivity index (χ4n) is 2.15. The van der Waals surface area contributed by atoms with Crippen LogP contribution in [0.15, 0.2) is 30.9 Å². The Morgan fingerprint density at radius 1 is 1.45 bits per heavy atom. The Kier molecular flexibility index (Phi) is 4.55. The molecule has 20 heavy (non-hydrogen) atoms. The van der Waals surface area contributed by atoms with Crippen molar-refractivity contribution in [2.24, 2.45) is 13.0 Å². The van der Waals surface area contributed by atoms with Gasteiger partial charge in [-0.25, -0.2) is 0 Å². The molecule has 6 nitrogen and oxygen atoms in total. The van der Waals surface area contributed by atoms with E-state index in [4.69, 9.17) is 0 Å². The summed E-state index contributed by atoms with van der Waals surface area (Å²) in [6, 6.07) is 1.86. The van der Waals surface area contributed by atoms with Crippen molar-refractivity contribution in [1.82, 2.24) is 24.5 Å². The van der Waals surface area contributed by atoms with Gasteiger partial charge in [-0.05, 0) is 18.1 Å². The Hall–Kier alpha value is -2.11. The first kappa shape index (κ1) is 14.3.